The molecule has 0 radical (unpaired) electrons. The fourth-order valence-corrected chi connectivity index (χ4v) is 2.91. The van der Waals surface area contributed by atoms with E-state index in [0.29, 0.717) is 12.3 Å². The highest BCUT2D eigenvalue weighted by Crippen LogP contribution is 2.28. The second-order valence-electron chi connectivity index (χ2n) is 5.22. The Kier molecular flexibility index (Phi) is 3.13. The van der Waals surface area contributed by atoms with Crippen LogP contribution in [0.4, 0.5) is 0 Å². The van der Waals surface area contributed by atoms with E-state index < -0.39 is 0 Å². The first kappa shape index (κ1) is 11.5. The van der Waals surface area contributed by atoms with Crippen molar-refractivity contribution in [3.05, 3.63) is 36.2 Å². The highest BCUT2D eigenvalue weighted by molar-refractivity contribution is 6.02. The lowest BCUT2D eigenvalue weighted by Crippen LogP contribution is -2.12. The predicted molar refractivity (Wildman–Crippen MR) is 70.7 cm³/mol. The molecule has 1 fully saturated rings. The number of carbonyl (C=O) groups excluding carboxylic acids is 1. The molecule has 2 heterocycles. The van der Waals surface area contributed by atoms with Crippen molar-refractivity contribution in [2.75, 3.05) is 0 Å². The summed E-state index contributed by atoms with van der Waals surface area (Å²) < 4.78 is 1.77. The van der Waals surface area contributed by atoms with Gasteiger partial charge in [0.05, 0.1) is 17.3 Å². The second kappa shape index (κ2) is 4.92. The van der Waals surface area contributed by atoms with Gasteiger partial charge in [0.2, 0.25) is 0 Å². The third kappa shape index (κ3) is 2.17. The van der Waals surface area contributed by atoms with Gasteiger partial charge in [0.15, 0.2) is 5.78 Å². The van der Waals surface area contributed by atoms with Crippen LogP contribution >= 0.6 is 0 Å². The molecule has 0 bridgehead atoms. The summed E-state index contributed by atoms with van der Waals surface area (Å²) in [5.41, 5.74) is 1.71. The van der Waals surface area contributed by atoms with E-state index in [4.69, 9.17) is 0 Å². The van der Waals surface area contributed by atoms with E-state index in [9.17, 15) is 4.79 Å². The average molecular weight is 242 g/mol. The number of carbonyl (C=O) groups is 1. The summed E-state index contributed by atoms with van der Waals surface area (Å²) in [6.45, 7) is 0. The lowest BCUT2D eigenvalue weighted by Gasteiger charge is -2.20. The van der Waals surface area contributed by atoms with Crippen LogP contribution in [0.25, 0.3) is 5.52 Å². The molecule has 1 aliphatic carbocycles. The van der Waals surface area contributed by atoms with Gasteiger partial charge in [-0.1, -0.05) is 38.2 Å². The highest BCUT2D eigenvalue weighted by atomic mass is 16.1. The Hall–Kier alpha value is -1.64. The van der Waals surface area contributed by atoms with Crippen LogP contribution in [0.1, 0.15) is 48.9 Å². The Morgan fingerprint density at radius 3 is 2.94 bits per heavy atom. The summed E-state index contributed by atoms with van der Waals surface area (Å²) in [5, 5.41) is 4.23. The van der Waals surface area contributed by atoms with Crippen LogP contribution in [-0.4, -0.2) is 15.4 Å². The predicted octanol–water partition coefficient (Wildman–Crippen LogP) is 3.49. The molecule has 1 saturated carbocycles. The lowest BCUT2D eigenvalue weighted by atomic mass is 9.85. The molecule has 2 aromatic rings. The van der Waals surface area contributed by atoms with E-state index in [-0.39, 0.29) is 5.78 Å². The number of aromatic nitrogens is 2. The summed E-state index contributed by atoms with van der Waals surface area (Å²) in [5.74, 6) is 0.841. The summed E-state index contributed by atoms with van der Waals surface area (Å²) in [7, 11) is 0. The van der Waals surface area contributed by atoms with Crippen molar-refractivity contribution in [3.8, 4) is 0 Å². The second-order valence-corrected chi connectivity index (χ2v) is 5.22. The van der Waals surface area contributed by atoms with Gasteiger partial charge in [-0.05, 0) is 18.1 Å². The molecule has 2 aromatic heterocycles. The molecule has 3 nitrogen and oxygen atoms in total. The quantitative estimate of drug-likeness (QED) is 0.772. The molecular formula is C15H18N2O. The van der Waals surface area contributed by atoms with Crippen LogP contribution < -0.4 is 0 Å². The van der Waals surface area contributed by atoms with Gasteiger partial charge in [-0.2, -0.15) is 5.10 Å². The Morgan fingerprint density at radius 2 is 2.11 bits per heavy atom. The fourth-order valence-electron chi connectivity index (χ4n) is 2.91. The molecular weight excluding hydrogens is 224 g/mol. The Morgan fingerprint density at radius 1 is 1.28 bits per heavy atom. The molecule has 94 valence electrons. The van der Waals surface area contributed by atoms with Crippen molar-refractivity contribution in [3.63, 3.8) is 0 Å². The summed E-state index contributed by atoms with van der Waals surface area (Å²) in [6, 6.07) is 5.84. The van der Waals surface area contributed by atoms with Gasteiger partial charge in [0.25, 0.3) is 0 Å². The number of Topliss-reactive ketones (excluding diaryl/α,β-unsaturated/α-hetero) is 1. The van der Waals surface area contributed by atoms with Gasteiger partial charge in [-0.25, -0.2) is 4.52 Å². The highest BCUT2D eigenvalue weighted by Gasteiger charge is 2.20. The van der Waals surface area contributed by atoms with Gasteiger partial charge in [0.1, 0.15) is 0 Å². The lowest BCUT2D eigenvalue weighted by molar-refractivity contribution is 0.0952. The van der Waals surface area contributed by atoms with Crippen LogP contribution in [0.3, 0.4) is 0 Å². The van der Waals surface area contributed by atoms with Crippen molar-refractivity contribution in [2.45, 2.75) is 38.5 Å². The number of ketones is 1. The number of nitrogens with zero attached hydrogens (tertiary/aromatic N) is 2. The Bertz CT molecular complexity index is 552. The molecule has 3 rings (SSSR count). The van der Waals surface area contributed by atoms with E-state index in [1.54, 1.807) is 10.7 Å². The number of pyridine rings is 1. The Labute approximate surface area is 107 Å². The molecule has 0 atom stereocenters. The smallest absolute Gasteiger partial charge is 0.166 e. The van der Waals surface area contributed by atoms with Gasteiger partial charge in [0, 0.05) is 12.6 Å². The van der Waals surface area contributed by atoms with Crippen molar-refractivity contribution in [2.24, 2.45) is 5.92 Å². The molecule has 3 heteroatoms. The molecule has 18 heavy (non-hydrogen) atoms. The van der Waals surface area contributed by atoms with Gasteiger partial charge < -0.3 is 0 Å². The average Bonchev–Trinajstić information content (AvgIpc) is 2.84. The molecule has 0 saturated heterocycles. The molecule has 0 N–H and O–H groups in total. The van der Waals surface area contributed by atoms with E-state index in [2.05, 4.69) is 5.10 Å². The van der Waals surface area contributed by atoms with Crippen molar-refractivity contribution in [1.29, 1.82) is 0 Å². The van der Waals surface area contributed by atoms with Crippen molar-refractivity contribution >= 4 is 11.3 Å². The normalized spacial score (nSPS) is 17.1. The summed E-state index contributed by atoms with van der Waals surface area (Å²) in [4.78, 5) is 12.3. The van der Waals surface area contributed by atoms with Crippen LogP contribution in [0, 0.1) is 5.92 Å². The van der Waals surface area contributed by atoms with Crippen molar-refractivity contribution in [1.82, 2.24) is 9.61 Å². The molecule has 1 aliphatic rings. The zero-order valence-electron chi connectivity index (χ0n) is 10.5. The van der Waals surface area contributed by atoms with E-state index in [1.807, 2.05) is 24.4 Å². The minimum absolute atomic E-state index is 0.253. The summed E-state index contributed by atoms with van der Waals surface area (Å²) >= 11 is 0. The molecule has 0 unspecified atom stereocenters. The number of rotatable bonds is 3. The largest absolute Gasteiger partial charge is 0.294 e. The molecule has 0 aliphatic heterocycles. The van der Waals surface area contributed by atoms with E-state index in [1.165, 1.54) is 32.1 Å². The minimum Gasteiger partial charge on any atom is -0.294 e. The van der Waals surface area contributed by atoms with Gasteiger partial charge in [-0.3, -0.25) is 4.79 Å². The molecule has 0 spiro atoms. The number of hydrogen-bond acceptors (Lipinski definition) is 2. The zero-order valence-corrected chi connectivity index (χ0v) is 10.5. The van der Waals surface area contributed by atoms with Crippen LogP contribution in [0.15, 0.2) is 30.6 Å². The van der Waals surface area contributed by atoms with E-state index >= 15 is 0 Å². The fraction of sp³-hybridized carbons (Fsp3) is 0.467. The topological polar surface area (TPSA) is 34.4 Å². The summed E-state index contributed by atoms with van der Waals surface area (Å²) in [6.07, 6.45) is 10.6. The van der Waals surface area contributed by atoms with E-state index in [0.717, 1.165) is 11.1 Å². The maximum Gasteiger partial charge on any atom is 0.166 e. The van der Waals surface area contributed by atoms with Crippen LogP contribution in [0.2, 0.25) is 0 Å². The van der Waals surface area contributed by atoms with Crippen LogP contribution in [-0.2, 0) is 0 Å². The first-order valence-electron chi connectivity index (χ1n) is 6.80. The first-order valence-corrected chi connectivity index (χ1v) is 6.80. The third-order valence-electron chi connectivity index (χ3n) is 3.93. The first-order chi connectivity index (χ1) is 8.84. The maximum atomic E-state index is 12.3. The molecule has 0 aromatic carbocycles. The number of hydrogen-bond donors (Lipinski definition) is 0. The SMILES string of the molecule is O=C(CC1CCCCC1)c1cnn2ccccc12. The zero-order chi connectivity index (χ0) is 12.4. The monoisotopic (exact) mass is 242 g/mol. The molecule has 0 amide bonds. The Balaban J connectivity index is 1.79. The maximum absolute atomic E-state index is 12.3. The van der Waals surface area contributed by atoms with Crippen molar-refractivity contribution < 1.29 is 4.79 Å². The van der Waals surface area contributed by atoms with Gasteiger partial charge >= 0.3 is 0 Å². The third-order valence-corrected chi connectivity index (χ3v) is 3.93. The minimum atomic E-state index is 0.253. The van der Waals surface area contributed by atoms with Crippen LogP contribution in [0.5, 0.6) is 0 Å². The van der Waals surface area contributed by atoms with Gasteiger partial charge in [-0.15, -0.1) is 0 Å². The standard InChI is InChI=1S/C15H18N2O/c18-15(10-12-6-2-1-3-7-12)13-11-16-17-9-5-4-8-14(13)17/h4-5,8-9,11-12H,1-3,6-7,10H2. The number of fused-ring (bicyclic) bond motifs is 1.